The molecule has 0 saturated carbocycles. The molecule has 0 aliphatic carbocycles. The molecule has 7 heteroatoms. The molecule has 1 aliphatic heterocycles. The normalized spacial score (nSPS) is 15.0. The number of likely N-dealkylation sites (N-methyl/N-ethyl adjacent to an activating group) is 1. The molecule has 0 spiro atoms. The van der Waals surface area contributed by atoms with E-state index in [4.69, 9.17) is 9.47 Å². The Morgan fingerprint density at radius 3 is 2.47 bits per heavy atom. The lowest BCUT2D eigenvalue weighted by molar-refractivity contribution is 0.0278. The monoisotopic (exact) mass is 467 g/mol. The second-order valence-corrected chi connectivity index (χ2v) is 9.80. The molecule has 0 bridgehead atoms. The van der Waals surface area contributed by atoms with Gasteiger partial charge in [-0.25, -0.2) is 4.79 Å². The first-order chi connectivity index (χ1) is 16.2. The van der Waals surface area contributed by atoms with Crippen molar-refractivity contribution in [3.63, 3.8) is 0 Å². The number of anilines is 1. The Kier molecular flexibility index (Phi) is 8.56. The van der Waals surface area contributed by atoms with Crippen LogP contribution in [0.3, 0.4) is 0 Å². The van der Waals surface area contributed by atoms with Gasteiger partial charge < -0.3 is 24.6 Å². The number of ether oxygens (including phenoxy) is 2. The van der Waals surface area contributed by atoms with Gasteiger partial charge in [0.15, 0.2) is 0 Å². The summed E-state index contributed by atoms with van der Waals surface area (Å²) in [5, 5.41) is 3.00. The first kappa shape index (κ1) is 25.6. The van der Waals surface area contributed by atoms with E-state index >= 15 is 0 Å². The van der Waals surface area contributed by atoms with Crippen LogP contribution in [0, 0.1) is 0 Å². The fraction of sp³-hybridized carbons (Fsp3) is 0.481. The molecule has 0 atom stereocenters. The third kappa shape index (κ3) is 7.22. The average Bonchev–Trinajstić information content (AvgIpc) is 2.81. The van der Waals surface area contributed by atoms with Crippen LogP contribution in [-0.2, 0) is 4.74 Å². The zero-order valence-corrected chi connectivity index (χ0v) is 21.0. The zero-order chi connectivity index (χ0) is 24.7. The van der Waals surface area contributed by atoms with Crippen LogP contribution in [0.15, 0.2) is 48.5 Å². The first-order valence-corrected chi connectivity index (χ1v) is 11.9. The molecular formula is C27H37N3O4. The summed E-state index contributed by atoms with van der Waals surface area (Å²) in [7, 11) is 3.35. The smallest absolute Gasteiger partial charge is 0.410 e. The van der Waals surface area contributed by atoms with Crippen LogP contribution in [0.1, 0.15) is 55.5 Å². The van der Waals surface area contributed by atoms with Gasteiger partial charge in [0, 0.05) is 25.8 Å². The van der Waals surface area contributed by atoms with Crippen molar-refractivity contribution in [3.05, 3.63) is 59.7 Å². The largest absolute Gasteiger partial charge is 0.496 e. The van der Waals surface area contributed by atoms with E-state index in [-0.39, 0.29) is 12.0 Å². The van der Waals surface area contributed by atoms with Gasteiger partial charge in [0.05, 0.1) is 12.7 Å². The molecule has 184 valence electrons. The molecule has 1 aliphatic rings. The summed E-state index contributed by atoms with van der Waals surface area (Å²) in [4.78, 5) is 28.9. The number of para-hydroxylation sites is 1. The molecule has 1 heterocycles. The van der Waals surface area contributed by atoms with Crippen LogP contribution in [0.4, 0.5) is 10.5 Å². The third-order valence-electron chi connectivity index (χ3n) is 6.01. The number of nitrogens with one attached hydrogen (secondary N) is 1. The predicted octanol–water partition coefficient (Wildman–Crippen LogP) is 4.99. The van der Waals surface area contributed by atoms with Crippen molar-refractivity contribution in [2.45, 2.75) is 45.1 Å². The fourth-order valence-electron chi connectivity index (χ4n) is 4.11. The summed E-state index contributed by atoms with van der Waals surface area (Å²) in [5.74, 6) is 0.822. The van der Waals surface area contributed by atoms with Crippen LogP contribution in [0.2, 0.25) is 0 Å². The minimum absolute atomic E-state index is 0.182. The number of carbonyl (C=O) groups excluding carboxylic acids is 2. The second-order valence-electron chi connectivity index (χ2n) is 9.80. The second kappa shape index (κ2) is 11.4. The molecular weight excluding hydrogens is 430 g/mol. The van der Waals surface area contributed by atoms with Gasteiger partial charge in [-0.15, -0.1) is 0 Å². The molecule has 1 fully saturated rings. The van der Waals surface area contributed by atoms with E-state index < -0.39 is 5.60 Å². The number of likely N-dealkylation sites (tertiary alicyclic amines) is 1. The molecule has 2 aromatic rings. The van der Waals surface area contributed by atoms with Gasteiger partial charge in [-0.3, -0.25) is 4.79 Å². The van der Waals surface area contributed by atoms with E-state index in [2.05, 4.69) is 22.3 Å². The van der Waals surface area contributed by atoms with Gasteiger partial charge in [0.1, 0.15) is 11.4 Å². The van der Waals surface area contributed by atoms with Crippen LogP contribution in [0.5, 0.6) is 5.75 Å². The maximum Gasteiger partial charge on any atom is 0.410 e. The van der Waals surface area contributed by atoms with Gasteiger partial charge in [0.25, 0.3) is 5.91 Å². The molecule has 7 nitrogen and oxygen atoms in total. The zero-order valence-electron chi connectivity index (χ0n) is 21.0. The number of benzene rings is 2. The summed E-state index contributed by atoms with van der Waals surface area (Å²) in [6.07, 6.45) is 1.80. The van der Waals surface area contributed by atoms with Gasteiger partial charge in [-0.05, 0) is 82.4 Å². The Bertz CT molecular complexity index is 978. The predicted molar refractivity (Wildman–Crippen MR) is 135 cm³/mol. The molecule has 3 rings (SSSR count). The summed E-state index contributed by atoms with van der Waals surface area (Å²) in [6, 6.07) is 15.3. The lowest BCUT2D eigenvalue weighted by Crippen LogP contribution is -2.41. The van der Waals surface area contributed by atoms with E-state index in [1.54, 1.807) is 31.2 Å². The highest BCUT2D eigenvalue weighted by atomic mass is 16.6. The summed E-state index contributed by atoms with van der Waals surface area (Å²) in [5.41, 5.74) is 2.06. The molecule has 2 amide bonds. The van der Waals surface area contributed by atoms with Gasteiger partial charge >= 0.3 is 6.09 Å². The molecule has 1 N–H and O–H groups in total. The van der Waals surface area contributed by atoms with Crippen molar-refractivity contribution < 1.29 is 19.1 Å². The molecule has 0 aromatic heterocycles. The summed E-state index contributed by atoms with van der Waals surface area (Å²) in [6.45, 7) is 9.06. The van der Waals surface area contributed by atoms with E-state index in [1.165, 1.54) is 5.56 Å². The summed E-state index contributed by atoms with van der Waals surface area (Å²) < 4.78 is 10.7. The molecule has 1 saturated heterocycles. The quantitative estimate of drug-likeness (QED) is 0.621. The lowest BCUT2D eigenvalue weighted by Gasteiger charge is -2.33. The third-order valence-corrected chi connectivity index (χ3v) is 6.01. The van der Waals surface area contributed by atoms with Crippen molar-refractivity contribution in [1.82, 2.24) is 9.80 Å². The van der Waals surface area contributed by atoms with Crippen LogP contribution in [0.25, 0.3) is 0 Å². The highest BCUT2D eigenvalue weighted by molar-refractivity contribution is 6.06. The Morgan fingerprint density at radius 2 is 1.79 bits per heavy atom. The Hall–Kier alpha value is -3.06. The summed E-state index contributed by atoms with van der Waals surface area (Å²) >= 11 is 0. The highest BCUT2D eigenvalue weighted by Crippen LogP contribution is 2.30. The van der Waals surface area contributed by atoms with Crippen molar-refractivity contribution in [3.8, 4) is 5.75 Å². The molecule has 34 heavy (non-hydrogen) atoms. The molecule has 2 aromatic carbocycles. The molecule has 0 unspecified atom stereocenters. The lowest BCUT2D eigenvalue weighted by atomic mass is 9.89. The van der Waals surface area contributed by atoms with Crippen LogP contribution < -0.4 is 10.1 Å². The van der Waals surface area contributed by atoms with Crippen molar-refractivity contribution in [1.29, 1.82) is 0 Å². The maximum atomic E-state index is 12.7. The SMILES string of the molecule is COc1ccccc1C(=O)Nc1cccc(C2CCN(CCN(C)C(=O)OC(C)(C)C)CC2)c1. The van der Waals surface area contributed by atoms with E-state index in [0.717, 1.165) is 38.2 Å². The van der Waals surface area contributed by atoms with E-state index in [9.17, 15) is 9.59 Å². The van der Waals surface area contributed by atoms with Crippen LogP contribution >= 0.6 is 0 Å². The van der Waals surface area contributed by atoms with E-state index in [0.29, 0.717) is 23.8 Å². The number of methoxy groups -OCH3 is 1. The number of nitrogens with zero attached hydrogens (tertiary/aromatic N) is 2. The number of hydrogen-bond acceptors (Lipinski definition) is 5. The average molecular weight is 468 g/mol. The Balaban J connectivity index is 1.51. The fourth-order valence-corrected chi connectivity index (χ4v) is 4.11. The Morgan fingerprint density at radius 1 is 1.09 bits per heavy atom. The number of rotatable bonds is 7. The van der Waals surface area contributed by atoms with Crippen LogP contribution in [-0.4, -0.2) is 67.7 Å². The number of amides is 2. The van der Waals surface area contributed by atoms with E-state index in [1.807, 2.05) is 45.0 Å². The van der Waals surface area contributed by atoms with Gasteiger partial charge in [-0.1, -0.05) is 24.3 Å². The number of piperidine rings is 1. The number of hydrogen-bond donors (Lipinski definition) is 1. The topological polar surface area (TPSA) is 71.1 Å². The Labute approximate surface area is 203 Å². The first-order valence-electron chi connectivity index (χ1n) is 11.9. The highest BCUT2D eigenvalue weighted by Gasteiger charge is 2.23. The standard InChI is InChI=1S/C27H37N3O4/c1-27(2,3)34-26(32)29(4)17-18-30-15-13-20(14-16-30)21-9-8-10-22(19-21)28-25(31)23-11-6-7-12-24(23)33-5/h6-12,19-20H,13-18H2,1-5H3,(H,28,31). The minimum Gasteiger partial charge on any atom is -0.496 e. The minimum atomic E-state index is -0.481. The van der Waals surface area contributed by atoms with Crippen molar-refractivity contribution in [2.75, 3.05) is 45.7 Å². The van der Waals surface area contributed by atoms with Crippen molar-refractivity contribution in [2.24, 2.45) is 0 Å². The maximum absolute atomic E-state index is 12.7. The number of carbonyl (C=O) groups is 2. The van der Waals surface area contributed by atoms with Gasteiger partial charge in [0.2, 0.25) is 0 Å². The van der Waals surface area contributed by atoms with Gasteiger partial charge in [-0.2, -0.15) is 0 Å². The van der Waals surface area contributed by atoms with Crippen molar-refractivity contribution >= 4 is 17.7 Å². The molecule has 0 radical (unpaired) electrons.